The third-order valence-corrected chi connectivity index (χ3v) is 5.53. The van der Waals surface area contributed by atoms with Gasteiger partial charge in [-0.2, -0.15) is 0 Å². The number of benzene rings is 2. The maximum Gasteiger partial charge on any atom is 0.251 e. The number of aromatic nitrogens is 1. The van der Waals surface area contributed by atoms with Crippen molar-refractivity contribution in [2.45, 2.75) is 25.8 Å². The number of oxime groups is 1. The molecule has 0 aliphatic heterocycles. The first-order valence-electron chi connectivity index (χ1n) is 9.40. The number of pyridine rings is 1. The lowest BCUT2D eigenvalue weighted by molar-refractivity contribution is -0.118. The minimum absolute atomic E-state index is 0.0679. The molecule has 7 heteroatoms. The highest BCUT2D eigenvalue weighted by atomic mass is 79.9. The van der Waals surface area contributed by atoms with Crippen molar-refractivity contribution in [1.82, 2.24) is 4.57 Å². The molecule has 0 saturated heterocycles. The summed E-state index contributed by atoms with van der Waals surface area (Å²) in [5.74, 6) is -0.689. The quantitative estimate of drug-likeness (QED) is 0.314. The van der Waals surface area contributed by atoms with Gasteiger partial charge in [-0.3, -0.25) is 9.59 Å². The summed E-state index contributed by atoms with van der Waals surface area (Å²) < 4.78 is 2.19. The molecule has 2 aromatic carbocycles. The number of nitrogens with zero attached hydrogens (tertiary/aromatic N) is 2. The molecule has 0 aliphatic carbocycles. The van der Waals surface area contributed by atoms with E-state index in [4.69, 9.17) is 5.73 Å². The fourth-order valence-electron chi connectivity index (χ4n) is 3.48. The van der Waals surface area contributed by atoms with Crippen LogP contribution in [0.25, 0.3) is 0 Å². The topological polar surface area (TPSA) is 97.7 Å². The van der Waals surface area contributed by atoms with Gasteiger partial charge < -0.3 is 15.5 Å². The van der Waals surface area contributed by atoms with E-state index >= 15 is 0 Å². The van der Waals surface area contributed by atoms with Crippen molar-refractivity contribution in [3.8, 4) is 0 Å². The summed E-state index contributed by atoms with van der Waals surface area (Å²) in [5.41, 5.74) is 9.15. The molecule has 1 amide bonds. The van der Waals surface area contributed by atoms with Crippen molar-refractivity contribution >= 4 is 27.5 Å². The normalized spacial score (nSPS) is 12.5. The number of carbonyl (C=O) groups excluding carboxylic acids is 1. The maximum absolute atomic E-state index is 12.0. The van der Waals surface area contributed by atoms with Crippen LogP contribution in [0.2, 0.25) is 0 Å². The highest BCUT2D eigenvalue weighted by molar-refractivity contribution is 9.10. The molecule has 0 radical (unpaired) electrons. The van der Waals surface area contributed by atoms with Crippen LogP contribution in [0.15, 0.2) is 81.3 Å². The molecule has 0 saturated carbocycles. The average Bonchev–Trinajstić information content (AvgIpc) is 2.72. The Morgan fingerprint density at radius 2 is 1.83 bits per heavy atom. The zero-order valence-corrected chi connectivity index (χ0v) is 18.0. The van der Waals surface area contributed by atoms with E-state index in [9.17, 15) is 14.8 Å². The van der Waals surface area contributed by atoms with Crippen LogP contribution >= 0.6 is 15.9 Å². The molecule has 0 aliphatic rings. The highest BCUT2D eigenvalue weighted by Gasteiger charge is 2.21. The molecule has 154 valence electrons. The SMILES string of the molecule is Cc1ccccc1C(CC(=NO)c1ccc(=O)n(CC(N)=O)c1)c1ccc(Br)cc1. The Morgan fingerprint density at radius 3 is 2.47 bits per heavy atom. The summed E-state index contributed by atoms with van der Waals surface area (Å²) in [7, 11) is 0. The zero-order chi connectivity index (χ0) is 21.7. The molecular weight excluding hydrogens is 446 g/mol. The van der Waals surface area contributed by atoms with Crippen LogP contribution in [-0.4, -0.2) is 21.4 Å². The number of halogens is 1. The number of hydrogen-bond acceptors (Lipinski definition) is 4. The Kier molecular flexibility index (Phi) is 6.84. The second-order valence-electron chi connectivity index (χ2n) is 7.06. The molecule has 6 nitrogen and oxygen atoms in total. The third kappa shape index (κ3) is 5.04. The van der Waals surface area contributed by atoms with Crippen LogP contribution in [0.3, 0.4) is 0 Å². The standard InChI is InChI=1S/C23H22BrN3O3/c1-15-4-2-3-5-19(15)20(16-6-9-18(24)10-7-16)12-21(26-30)17-8-11-23(29)27(13-17)14-22(25)28/h2-11,13,20,30H,12,14H2,1H3,(H2,25,28). The molecule has 1 aromatic heterocycles. The predicted molar refractivity (Wildman–Crippen MR) is 120 cm³/mol. The Morgan fingerprint density at radius 1 is 1.13 bits per heavy atom. The molecule has 1 unspecified atom stereocenters. The second-order valence-corrected chi connectivity index (χ2v) is 7.98. The number of primary amides is 1. The third-order valence-electron chi connectivity index (χ3n) is 5.00. The van der Waals surface area contributed by atoms with Crippen molar-refractivity contribution in [1.29, 1.82) is 0 Å². The molecule has 3 aromatic rings. The van der Waals surface area contributed by atoms with Crippen molar-refractivity contribution in [3.63, 3.8) is 0 Å². The molecule has 3 N–H and O–H groups in total. The van der Waals surface area contributed by atoms with Gasteiger partial charge >= 0.3 is 0 Å². The monoisotopic (exact) mass is 467 g/mol. The Bertz CT molecular complexity index is 1140. The van der Waals surface area contributed by atoms with Gasteiger partial charge in [-0.15, -0.1) is 0 Å². The second kappa shape index (κ2) is 9.54. The molecule has 0 fully saturated rings. The van der Waals surface area contributed by atoms with Crippen molar-refractivity contribution in [2.75, 3.05) is 0 Å². The average molecular weight is 468 g/mol. The number of aryl methyl sites for hydroxylation is 1. The van der Waals surface area contributed by atoms with Gasteiger partial charge in [0.25, 0.3) is 5.56 Å². The lowest BCUT2D eigenvalue weighted by Gasteiger charge is -2.21. The minimum atomic E-state index is -0.621. The number of nitrogens with two attached hydrogens (primary N) is 1. The molecule has 3 rings (SSSR count). The van der Waals surface area contributed by atoms with Crippen LogP contribution in [0.1, 0.15) is 34.6 Å². The summed E-state index contributed by atoms with van der Waals surface area (Å²) >= 11 is 3.47. The number of carbonyl (C=O) groups is 1. The van der Waals surface area contributed by atoms with Gasteiger partial charge in [-0.25, -0.2) is 0 Å². The maximum atomic E-state index is 12.0. The smallest absolute Gasteiger partial charge is 0.251 e. The van der Waals surface area contributed by atoms with Gasteiger partial charge in [-0.1, -0.05) is 57.5 Å². The molecule has 1 atom stereocenters. The van der Waals surface area contributed by atoms with E-state index in [0.717, 1.165) is 21.2 Å². The highest BCUT2D eigenvalue weighted by Crippen LogP contribution is 2.32. The van der Waals surface area contributed by atoms with Gasteiger partial charge in [-0.05, 0) is 41.8 Å². The molecular formula is C23H22BrN3O3. The summed E-state index contributed by atoms with van der Waals surface area (Å²) in [6, 6.07) is 19.0. The fourth-order valence-corrected chi connectivity index (χ4v) is 3.75. The van der Waals surface area contributed by atoms with E-state index in [2.05, 4.69) is 27.2 Å². The van der Waals surface area contributed by atoms with Gasteiger partial charge in [0.2, 0.25) is 5.91 Å². The molecule has 0 bridgehead atoms. The van der Waals surface area contributed by atoms with E-state index < -0.39 is 5.91 Å². The fraction of sp³-hybridized carbons (Fsp3) is 0.174. The van der Waals surface area contributed by atoms with Crippen LogP contribution < -0.4 is 11.3 Å². The first-order chi connectivity index (χ1) is 14.4. The van der Waals surface area contributed by atoms with Crippen LogP contribution in [0.5, 0.6) is 0 Å². The molecule has 30 heavy (non-hydrogen) atoms. The van der Waals surface area contributed by atoms with Crippen molar-refractivity contribution in [2.24, 2.45) is 10.9 Å². The van der Waals surface area contributed by atoms with Gasteiger partial charge in [0, 0.05) is 34.6 Å². The first kappa shape index (κ1) is 21.5. The van der Waals surface area contributed by atoms with Gasteiger partial charge in [0.1, 0.15) is 6.54 Å². The van der Waals surface area contributed by atoms with E-state index in [1.807, 2.05) is 49.4 Å². The van der Waals surface area contributed by atoms with Crippen molar-refractivity contribution < 1.29 is 10.0 Å². The summed E-state index contributed by atoms with van der Waals surface area (Å²) in [6.45, 7) is 1.81. The van der Waals surface area contributed by atoms with Crippen LogP contribution in [0.4, 0.5) is 0 Å². The number of rotatable bonds is 7. The van der Waals surface area contributed by atoms with Gasteiger partial charge in [0.15, 0.2) is 0 Å². The number of hydrogen-bond donors (Lipinski definition) is 2. The summed E-state index contributed by atoms with van der Waals surface area (Å²) in [6.07, 6.45) is 1.90. The number of amides is 1. The molecule has 1 heterocycles. The van der Waals surface area contributed by atoms with Crippen molar-refractivity contribution in [3.05, 3.63) is 104 Å². The Labute approximate surface area is 182 Å². The van der Waals surface area contributed by atoms with Crippen LogP contribution in [0, 0.1) is 6.92 Å². The predicted octanol–water partition coefficient (Wildman–Crippen LogP) is 3.81. The summed E-state index contributed by atoms with van der Waals surface area (Å²) in [5, 5.41) is 13.3. The first-order valence-corrected chi connectivity index (χ1v) is 10.2. The largest absolute Gasteiger partial charge is 0.411 e. The van der Waals surface area contributed by atoms with E-state index in [0.29, 0.717) is 17.7 Å². The van der Waals surface area contributed by atoms with Gasteiger partial charge in [0.05, 0.1) is 5.71 Å². The minimum Gasteiger partial charge on any atom is -0.411 e. The molecule has 0 spiro atoms. The van der Waals surface area contributed by atoms with E-state index in [1.54, 1.807) is 6.07 Å². The van der Waals surface area contributed by atoms with E-state index in [1.165, 1.54) is 16.8 Å². The van der Waals surface area contributed by atoms with Crippen LogP contribution in [-0.2, 0) is 11.3 Å². The Balaban J connectivity index is 2.03. The van der Waals surface area contributed by atoms with E-state index in [-0.39, 0.29) is 18.0 Å². The lowest BCUT2D eigenvalue weighted by Crippen LogP contribution is -2.28. The summed E-state index contributed by atoms with van der Waals surface area (Å²) in [4.78, 5) is 23.3. The Hall–Kier alpha value is -3.19. The lowest BCUT2D eigenvalue weighted by atomic mass is 9.83. The zero-order valence-electron chi connectivity index (χ0n) is 16.5.